The van der Waals surface area contributed by atoms with Gasteiger partial charge in [-0.1, -0.05) is 28.9 Å². The van der Waals surface area contributed by atoms with Crippen LogP contribution in [0.3, 0.4) is 0 Å². The van der Waals surface area contributed by atoms with E-state index in [1.807, 2.05) is 45.0 Å². The van der Waals surface area contributed by atoms with Gasteiger partial charge < -0.3 is 15.7 Å². The zero-order chi connectivity index (χ0) is 15.6. The lowest BCUT2D eigenvalue weighted by atomic mass is 10.1. The van der Waals surface area contributed by atoms with Gasteiger partial charge in [0.2, 0.25) is 0 Å². The fourth-order valence-electron chi connectivity index (χ4n) is 2.13. The molecule has 0 fully saturated rings. The van der Waals surface area contributed by atoms with Crippen molar-refractivity contribution in [1.82, 2.24) is 0 Å². The molecule has 0 spiro atoms. The van der Waals surface area contributed by atoms with Gasteiger partial charge in [-0.25, -0.2) is 0 Å². The highest BCUT2D eigenvalue weighted by Crippen LogP contribution is 2.32. The zero-order valence-corrected chi connectivity index (χ0v) is 12.9. The van der Waals surface area contributed by atoms with Crippen molar-refractivity contribution < 1.29 is 9.94 Å². The number of aryl methyl sites for hydroxylation is 3. The van der Waals surface area contributed by atoms with Crippen LogP contribution in [0.25, 0.3) is 0 Å². The molecule has 0 unspecified atom stereocenters. The fourth-order valence-corrected chi connectivity index (χ4v) is 2.24. The van der Waals surface area contributed by atoms with Crippen LogP contribution in [0.15, 0.2) is 35.5 Å². The van der Waals surface area contributed by atoms with Crippen molar-refractivity contribution in [3.63, 3.8) is 0 Å². The number of rotatable bonds is 3. The second kappa shape index (κ2) is 6.06. The maximum atomic E-state index is 8.88. The van der Waals surface area contributed by atoms with Crippen molar-refractivity contribution in [2.75, 3.05) is 0 Å². The van der Waals surface area contributed by atoms with Crippen LogP contribution in [0, 0.1) is 20.8 Å². The summed E-state index contributed by atoms with van der Waals surface area (Å²) in [6.07, 6.45) is 0. The standard InChI is InChI=1S/C16H17ClN2O2/c1-9-5-4-6-13(16(18)19-20)15(9)21-12-7-10(2)14(17)11(3)8-12/h4-8,20H,1-3H3,(H2,18,19). The molecule has 2 rings (SSSR count). The third-order valence-corrected chi connectivity index (χ3v) is 3.82. The molecule has 0 aliphatic carbocycles. The second-order valence-corrected chi connectivity index (χ2v) is 5.29. The molecule has 4 nitrogen and oxygen atoms in total. The highest BCUT2D eigenvalue weighted by molar-refractivity contribution is 6.32. The Balaban J connectivity index is 2.49. The van der Waals surface area contributed by atoms with Gasteiger partial charge in [0.15, 0.2) is 5.84 Å². The fraction of sp³-hybridized carbons (Fsp3) is 0.188. The topological polar surface area (TPSA) is 67.8 Å². The van der Waals surface area contributed by atoms with Crippen molar-refractivity contribution in [2.45, 2.75) is 20.8 Å². The first-order chi connectivity index (χ1) is 9.93. The van der Waals surface area contributed by atoms with Crippen molar-refractivity contribution in [2.24, 2.45) is 10.9 Å². The number of hydrogen-bond donors (Lipinski definition) is 2. The van der Waals surface area contributed by atoms with Gasteiger partial charge in [-0.2, -0.15) is 0 Å². The Morgan fingerprint density at radius 2 is 1.76 bits per heavy atom. The maximum Gasteiger partial charge on any atom is 0.173 e. The molecule has 0 saturated heterocycles. The third kappa shape index (κ3) is 3.11. The van der Waals surface area contributed by atoms with Crippen LogP contribution in [0.1, 0.15) is 22.3 Å². The molecule has 110 valence electrons. The lowest BCUT2D eigenvalue weighted by Crippen LogP contribution is -2.14. The minimum atomic E-state index is 0.0103. The number of oxime groups is 1. The van der Waals surface area contributed by atoms with E-state index in [1.165, 1.54) is 0 Å². The van der Waals surface area contributed by atoms with Crippen molar-refractivity contribution >= 4 is 17.4 Å². The van der Waals surface area contributed by atoms with Crippen molar-refractivity contribution in [1.29, 1.82) is 0 Å². The van der Waals surface area contributed by atoms with Crippen LogP contribution in [-0.4, -0.2) is 11.0 Å². The van der Waals surface area contributed by atoms with Gasteiger partial charge in [-0.05, 0) is 55.7 Å². The minimum Gasteiger partial charge on any atom is -0.456 e. The van der Waals surface area contributed by atoms with E-state index in [2.05, 4.69) is 5.16 Å². The summed E-state index contributed by atoms with van der Waals surface area (Å²) in [6.45, 7) is 5.74. The monoisotopic (exact) mass is 304 g/mol. The largest absolute Gasteiger partial charge is 0.456 e. The van der Waals surface area contributed by atoms with Gasteiger partial charge >= 0.3 is 0 Å². The summed E-state index contributed by atoms with van der Waals surface area (Å²) in [5.74, 6) is 1.24. The number of hydrogen-bond acceptors (Lipinski definition) is 3. The summed E-state index contributed by atoms with van der Waals surface area (Å²) < 4.78 is 5.95. The highest BCUT2D eigenvalue weighted by Gasteiger charge is 2.13. The molecule has 0 bridgehead atoms. The average Bonchev–Trinajstić information content (AvgIpc) is 2.46. The first-order valence-electron chi connectivity index (χ1n) is 6.46. The Labute approximate surface area is 128 Å². The Kier molecular flexibility index (Phi) is 4.38. The van der Waals surface area contributed by atoms with E-state index in [4.69, 9.17) is 27.3 Å². The molecular formula is C16H17ClN2O2. The zero-order valence-electron chi connectivity index (χ0n) is 12.1. The molecule has 0 atom stereocenters. The smallest absolute Gasteiger partial charge is 0.173 e. The van der Waals surface area contributed by atoms with Crippen LogP contribution in [0.5, 0.6) is 11.5 Å². The summed E-state index contributed by atoms with van der Waals surface area (Å²) in [7, 11) is 0. The van der Waals surface area contributed by atoms with Crippen LogP contribution in [-0.2, 0) is 0 Å². The first kappa shape index (κ1) is 15.2. The number of benzene rings is 2. The van der Waals surface area contributed by atoms with Gasteiger partial charge in [-0.3, -0.25) is 0 Å². The molecule has 21 heavy (non-hydrogen) atoms. The molecule has 0 radical (unpaired) electrons. The predicted molar refractivity (Wildman–Crippen MR) is 84.7 cm³/mol. The maximum absolute atomic E-state index is 8.88. The molecule has 0 heterocycles. The molecule has 5 heteroatoms. The lowest BCUT2D eigenvalue weighted by Gasteiger charge is -2.14. The molecule has 2 aromatic rings. The third-order valence-electron chi connectivity index (χ3n) is 3.23. The van der Waals surface area contributed by atoms with E-state index < -0.39 is 0 Å². The predicted octanol–water partition coefficient (Wildman–Crippen LogP) is 4.15. The van der Waals surface area contributed by atoms with E-state index in [1.54, 1.807) is 6.07 Å². The normalized spacial score (nSPS) is 11.5. The Bertz CT molecular complexity index is 688. The SMILES string of the molecule is Cc1cc(Oc2c(C)cccc2/C(N)=N/O)cc(C)c1Cl. The van der Waals surface area contributed by atoms with Gasteiger partial charge in [-0.15, -0.1) is 0 Å². The van der Waals surface area contributed by atoms with Crippen LogP contribution in [0.2, 0.25) is 5.02 Å². The number of ether oxygens (including phenoxy) is 1. The van der Waals surface area contributed by atoms with Crippen molar-refractivity contribution in [3.05, 3.63) is 57.6 Å². The number of nitrogens with zero attached hydrogens (tertiary/aromatic N) is 1. The molecule has 3 N–H and O–H groups in total. The number of halogens is 1. The van der Waals surface area contributed by atoms with Crippen LogP contribution >= 0.6 is 11.6 Å². The van der Waals surface area contributed by atoms with Gasteiger partial charge in [0.1, 0.15) is 11.5 Å². The van der Waals surface area contributed by atoms with E-state index >= 15 is 0 Å². The van der Waals surface area contributed by atoms with Gasteiger partial charge in [0, 0.05) is 5.02 Å². The lowest BCUT2D eigenvalue weighted by molar-refractivity contribution is 0.318. The quantitative estimate of drug-likeness (QED) is 0.387. The Morgan fingerprint density at radius 3 is 2.33 bits per heavy atom. The number of nitrogens with two attached hydrogens (primary N) is 1. The highest BCUT2D eigenvalue weighted by atomic mass is 35.5. The van der Waals surface area contributed by atoms with E-state index in [0.717, 1.165) is 21.7 Å². The molecule has 2 aromatic carbocycles. The minimum absolute atomic E-state index is 0.0103. The first-order valence-corrected chi connectivity index (χ1v) is 6.84. The van der Waals surface area contributed by atoms with E-state index in [9.17, 15) is 0 Å². The van der Waals surface area contributed by atoms with E-state index in [-0.39, 0.29) is 5.84 Å². The molecule has 0 aromatic heterocycles. The summed E-state index contributed by atoms with van der Waals surface area (Å²) in [6, 6.07) is 9.19. The molecule has 0 aliphatic rings. The van der Waals surface area contributed by atoms with Crippen molar-refractivity contribution in [3.8, 4) is 11.5 Å². The Hall–Kier alpha value is -2.20. The van der Waals surface area contributed by atoms with E-state index in [0.29, 0.717) is 17.1 Å². The summed E-state index contributed by atoms with van der Waals surface area (Å²) in [5, 5.41) is 12.7. The van der Waals surface area contributed by atoms with Crippen LogP contribution in [0.4, 0.5) is 0 Å². The molecule has 0 amide bonds. The summed E-state index contributed by atoms with van der Waals surface area (Å²) in [4.78, 5) is 0. The summed E-state index contributed by atoms with van der Waals surface area (Å²) >= 11 is 6.16. The van der Waals surface area contributed by atoms with Crippen LogP contribution < -0.4 is 10.5 Å². The van der Waals surface area contributed by atoms with Gasteiger partial charge in [0.25, 0.3) is 0 Å². The summed E-state index contributed by atoms with van der Waals surface area (Å²) in [5.41, 5.74) is 9.01. The van der Waals surface area contributed by atoms with Gasteiger partial charge in [0.05, 0.1) is 5.56 Å². The number of amidine groups is 1. The second-order valence-electron chi connectivity index (χ2n) is 4.91. The molecule has 0 saturated carbocycles. The average molecular weight is 305 g/mol. The molecular weight excluding hydrogens is 288 g/mol. The molecule has 0 aliphatic heterocycles. The Morgan fingerprint density at radius 1 is 1.14 bits per heavy atom. The number of para-hydroxylation sites is 1.